The molecule has 0 amide bonds. The van der Waals surface area contributed by atoms with Gasteiger partial charge in [-0.05, 0) is 133 Å². The van der Waals surface area contributed by atoms with Crippen LogP contribution in [-0.2, 0) is 14.5 Å². The molecule has 2 saturated carbocycles. The quantitative estimate of drug-likeness (QED) is 0.0542. The van der Waals surface area contributed by atoms with Crippen molar-refractivity contribution in [2.45, 2.75) is 76.2 Å². The number of thiophene rings is 2. The lowest BCUT2D eigenvalue weighted by molar-refractivity contribution is -0.276. The molecule has 0 bridgehead atoms. The number of benzene rings is 4. The van der Waals surface area contributed by atoms with Gasteiger partial charge in [-0.25, -0.2) is 5.90 Å². The molecule has 6 aromatic rings. The molecular formula is C54H52F6N4O7S2. The molecule has 2 unspecified atom stereocenters. The second kappa shape index (κ2) is 24.0. The molecule has 2 aromatic heterocycles. The summed E-state index contributed by atoms with van der Waals surface area (Å²) in [5, 5.41) is 7.97. The first-order valence-electron chi connectivity index (χ1n) is 23.5. The van der Waals surface area contributed by atoms with E-state index in [1.165, 1.54) is 26.4 Å². The van der Waals surface area contributed by atoms with Crippen LogP contribution in [0.25, 0.3) is 22.3 Å². The Morgan fingerprint density at radius 3 is 1.41 bits per heavy atom. The number of rotatable bonds is 17. The predicted octanol–water partition coefficient (Wildman–Crippen LogP) is 13.9. The Balaban J connectivity index is 0.000000185. The minimum absolute atomic E-state index is 0.0393. The van der Waals surface area contributed by atoms with Crippen molar-refractivity contribution in [1.29, 1.82) is 0 Å². The number of nitrogens with two attached hydrogens (primary N) is 1. The maximum absolute atomic E-state index is 13.3. The fourth-order valence-corrected chi connectivity index (χ4v) is 9.87. The molecule has 2 N–H and O–H groups in total. The van der Waals surface area contributed by atoms with E-state index in [0.717, 1.165) is 64.6 Å². The normalized spacial score (nSPS) is 17.6. The third-order valence-corrected chi connectivity index (χ3v) is 14.0. The van der Waals surface area contributed by atoms with Gasteiger partial charge in [0.25, 0.3) is 0 Å². The number of nitrogens with zero attached hydrogens (tertiary/aromatic N) is 3. The van der Waals surface area contributed by atoms with Crippen molar-refractivity contribution in [2.24, 2.45) is 32.9 Å². The molecule has 19 heteroatoms. The summed E-state index contributed by atoms with van der Waals surface area (Å²) in [6, 6.07) is 31.0. The van der Waals surface area contributed by atoms with Gasteiger partial charge in [0.15, 0.2) is 5.78 Å². The number of ether oxygens (including phenoxy) is 4. The lowest BCUT2D eigenvalue weighted by atomic mass is 9.98. The largest absolute Gasteiger partial charge is 0.573 e. The van der Waals surface area contributed by atoms with Crippen LogP contribution in [0, 0.1) is 11.8 Å². The summed E-state index contributed by atoms with van der Waals surface area (Å²) in [5.41, 5.74) is 6.25. The van der Waals surface area contributed by atoms with Gasteiger partial charge in [-0.15, -0.1) is 49.0 Å². The van der Waals surface area contributed by atoms with E-state index in [2.05, 4.69) is 25.4 Å². The molecule has 10 rings (SSSR count). The van der Waals surface area contributed by atoms with Crippen molar-refractivity contribution < 1.29 is 59.8 Å². The van der Waals surface area contributed by atoms with Gasteiger partial charge in [-0.2, -0.15) is 0 Å². The number of aliphatic imine (C=N–C) groups is 2. The number of carbonyl (C=O) groups excluding carboxylic acids is 1. The zero-order valence-electron chi connectivity index (χ0n) is 39.8. The van der Waals surface area contributed by atoms with Gasteiger partial charge in [0.1, 0.15) is 43.3 Å². The molecule has 11 nitrogen and oxygen atoms in total. The smallest absolute Gasteiger partial charge is 0.488 e. The van der Waals surface area contributed by atoms with Crippen LogP contribution in [0.4, 0.5) is 26.3 Å². The molecule has 2 aliphatic carbocycles. The average Bonchev–Trinajstić information content (AvgIpc) is 4.05. The number of halogens is 6. The summed E-state index contributed by atoms with van der Waals surface area (Å²) in [6.07, 6.45) is -2.86. The summed E-state index contributed by atoms with van der Waals surface area (Å²) in [5.74, 6) is 5.74. The van der Waals surface area contributed by atoms with Crippen LogP contribution in [-0.4, -0.2) is 63.1 Å². The highest BCUT2D eigenvalue weighted by Gasteiger charge is 2.36. The maximum Gasteiger partial charge on any atom is 0.573 e. The van der Waals surface area contributed by atoms with Gasteiger partial charge in [-0.3, -0.25) is 14.8 Å². The van der Waals surface area contributed by atoms with Crippen molar-refractivity contribution >= 4 is 45.6 Å². The summed E-state index contributed by atoms with van der Waals surface area (Å²) in [4.78, 5) is 31.9. The molecule has 384 valence electrons. The second-order valence-corrected chi connectivity index (χ2v) is 19.4. The number of ketones is 1. The molecule has 73 heavy (non-hydrogen) atoms. The SMILES string of the molecule is CO/N=C(\COc1ccc(-c2ccc(C3CCC(c4cccs4)=N3)c(OC(F)(F)F)c2)cc1)C1CC1.CON.O=C(COc1ccc(-c2ccc(C3CCC(c4cccs4)=N3)c(OC(F)(F)F)c2)cc1)C1CC1. The van der Waals surface area contributed by atoms with Gasteiger partial charge >= 0.3 is 12.7 Å². The number of carbonyl (C=O) groups is 1. The third-order valence-electron chi connectivity index (χ3n) is 12.2. The monoisotopic (exact) mass is 1050 g/mol. The first-order chi connectivity index (χ1) is 35.2. The Kier molecular flexibility index (Phi) is 17.3. The molecule has 0 saturated heterocycles. The lowest BCUT2D eigenvalue weighted by Crippen LogP contribution is -2.18. The zero-order chi connectivity index (χ0) is 51.5. The van der Waals surface area contributed by atoms with Gasteiger partial charge in [-0.1, -0.05) is 65.8 Å². The van der Waals surface area contributed by atoms with Crippen LogP contribution in [0.3, 0.4) is 0 Å². The summed E-state index contributed by atoms with van der Waals surface area (Å²) < 4.78 is 99.7. The molecule has 2 atom stereocenters. The number of alkyl halides is 6. The van der Waals surface area contributed by atoms with Gasteiger partial charge in [0, 0.05) is 32.7 Å². The van der Waals surface area contributed by atoms with E-state index in [1.807, 2.05) is 53.2 Å². The first kappa shape index (κ1) is 52.8. The van der Waals surface area contributed by atoms with Crippen molar-refractivity contribution in [2.75, 3.05) is 27.4 Å². The van der Waals surface area contributed by atoms with Crippen molar-refractivity contribution in [3.8, 4) is 45.3 Å². The Morgan fingerprint density at radius 2 is 1.03 bits per heavy atom. The van der Waals surface area contributed by atoms with Gasteiger partial charge < -0.3 is 28.6 Å². The van der Waals surface area contributed by atoms with Crippen LogP contribution >= 0.6 is 22.7 Å². The summed E-state index contributed by atoms with van der Waals surface area (Å²) in [6.45, 7) is 0.378. The van der Waals surface area contributed by atoms with E-state index in [-0.39, 0.29) is 41.9 Å². The highest BCUT2D eigenvalue weighted by molar-refractivity contribution is 7.12. The highest BCUT2D eigenvalue weighted by Crippen LogP contribution is 2.43. The Hall–Kier alpha value is -6.54. The van der Waals surface area contributed by atoms with E-state index in [0.29, 0.717) is 71.1 Å². The molecule has 0 spiro atoms. The minimum atomic E-state index is -4.81. The van der Waals surface area contributed by atoms with E-state index in [1.54, 1.807) is 77.3 Å². The number of Topliss-reactive ketones (excluding diaryl/α,β-unsaturated/α-hetero) is 1. The minimum Gasteiger partial charge on any atom is -0.488 e. The Morgan fingerprint density at radius 1 is 0.603 bits per heavy atom. The number of hydrogen-bond donors (Lipinski definition) is 1. The molecule has 2 aliphatic heterocycles. The number of oxime groups is 1. The maximum atomic E-state index is 13.3. The summed E-state index contributed by atoms with van der Waals surface area (Å²) >= 11 is 3.15. The Labute approximate surface area is 426 Å². The average molecular weight is 1050 g/mol. The topological polar surface area (TPSA) is 136 Å². The zero-order valence-corrected chi connectivity index (χ0v) is 41.4. The molecule has 4 aromatic carbocycles. The van der Waals surface area contributed by atoms with Crippen LogP contribution in [0.2, 0.25) is 0 Å². The van der Waals surface area contributed by atoms with Crippen LogP contribution in [0.5, 0.6) is 23.0 Å². The molecule has 4 aliphatic rings. The Bertz CT molecular complexity index is 2860. The van der Waals surface area contributed by atoms with Crippen LogP contribution in [0.15, 0.2) is 135 Å². The molecule has 0 radical (unpaired) electrons. The van der Waals surface area contributed by atoms with Gasteiger partial charge in [0.05, 0.1) is 36.3 Å². The lowest BCUT2D eigenvalue weighted by Gasteiger charge is -2.17. The van der Waals surface area contributed by atoms with Crippen molar-refractivity contribution in [3.63, 3.8) is 0 Å². The second-order valence-electron chi connectivity index (χ2n) is 17.5. The first-order valence-corrected chi connectivity index (χ1v) is 25.2. The predicted molar refractivity (Wildman–Crippen MR) is 270 cm³/mol. The fourth-order valence-electron chi connectivity index (χ4n) is 8.37. The van der Waals surface area contributed by atoms with Crippen LogP contribution < -0.4 is 24.8 Å². The van der Waals surface area contributed by atoms with E-state index < -0.39 is 12.7 Å². The molecular weight excluding hydrogens is 995 g/mol. The van der Waals surface area contributed by atoms with Crippen molar-refractivity contribution in [3.05, 3.63) is 141 Å². The van der Waals surface area contributed by atoms with E-state index in [4.69, 9.17) is 24.3 Å². The fraction of sp³-hybridized carbons (Fsp3) is 0.333. The van der Waals surface area contributed by atoms with Gasteiger partial charge in [0.2, 0.25) is 0 Å². The summed E-state index contributed by atoms with van der Waals surface area (Å²) in [7, 11) is 2.92. The molecule has 2 fully saturated rings. The van der Waals surface area contributed by atoms with Crippen molar-refractivity contribution in [1.82, 2.24) is 0 Å². The number of hydrogen-bond acceptors (Lipinski definition) is 13. The standard InChI is InChI=1S/C27H25F3N2O3S.C26H22F3NO3S.CH5NO/c1-33-32-24(18-4-5-18)16-34-20-9-6-17(7-10-20)19-8-11-21(25(15-19)35-27(28,29)30)22-12-13-23(31-22)26-3-2-14-36-26;27-26(28,29)33-24-14-18(16-5-8-19(9-6-16)32-15-23(31)17-3-4-17)7-10-20(24)21-11-12-22(30-21)25-2-1-13-34-25;1-3-2/h2-3,6-11,14-15,18,22H,4-5,12-13,16H2,1H3;1-2,5-10,13-14,17,21H,3-4,11-12,15H2;2H2,1H3/b32-24+;;. The van der Waals surface area contributed by atoms with Crippen LogP contribution in [0.1, 0.15) is 84.3 Å². The third kappa shape index (κ3) is 15.0. The van der Waals surface area contributed by atoms with E-state index >= 15 is 0 Å². The molecule has 4 heterocycles. The highest BCUT2D eigenvalue weighted by atomic mass is 32.1. The van der Waals surface area contributed by atoms with E-state index in [9.17, 15) is 31.1 Å².